The Morgan fingerprint density at radius 1 is 0.326 bits per heavy atom. The van der Waals surface area contributed by atoms with E-state index in [0.29, 0.717) is 121 Å². The van der Waals surface area contributed by atoms with E-state index in [0.717, 1.165) is 89.3 Å². The van der Waals surface area contributed by atoms with E-state index in [1.165, 1.54) is 88.5 Å². The molecule has 0 aliphatic heterocycles. The molecule has 2 amide bonds. The third-order valence-electron chi connectivity index (χ3n) is 22.4. The number of anilines is 5. The highest BCUT2D eigenvalue weighted by molar-refractivity contribution is 9.11. The van der Waals surface area contributed by atoms with E-state index in [1.807, 2.05) is 75.4 Å². The molecule has 141 heavy (non-hydrogen) atoms. The molecule has 0 aromatic heterocycles. The molecule has 0 atom stereocenters. The van der Waals surface area contributed by atoms with Gasteiger partial charge in [-0.3, -0.25) is 33.6 Å². The molecule has 10 aromatic rings. The second-order valence-corrected chi connectivity index (χ2v) is 41.3. The van der Waals surface area contributed by atoms with Crippen molar-refractivity contribution in [1.29, 1.82) is 0 Å². The Labute approximate surface area is 887 Å². The second kappa shape index (κ2) is 53.9. The summed E-state index contributed by atoms with van der Waals surface area (Å²) < 4.78 is 75.8. The average molecular weight is 2360 g/mol. The topological polar surface area (TPSA) is 351 Å². The van der Waals surface area contributed by atoms with Crippen molar-refractivity contribution in [2.75, 3.05) is 72.4 Å². The quantitative estimate of drug-likeness (QED) is 0.0169. The Bertz CT molecular complexity index is 5960. The number of nitrogens with one attached hydrogen (secondary N) is 7. The molecule has 0 bridgehead atoms. The maximum Gasteiger partial charge on any atom is 0.322 e. The van der Waals surface area contributed by atoms with Crippen LogP contribution < -0.4 is 60.9 Å². The summed E-state index contributed by atoms with van der Waals surface area (Å²) in [6.45, 7) is 9.36. The van der Waals surface area contributed by atoms with E-state index in [1.54, 1.807) is 54.6 Å². The van der Waals surface area contributed by atoms with Crippen LogP contribution in [0.15, 0.2) is 151 Å². The van der Waals surface area contributed by atoms with Crippen LogP contribution in [0.1, 0.15) is 159 Å². The highest BCUT2D eigenvalue weighted by Crippen LogP contribution is 2.44. The molecule has 0 unspecified atom stereocenters. The zero-order valence-electron chi connectivity index (χ0n) is 76.5. The largest absolute Gasteiger partial charge is 0.486 e. The van der Waals surface area contributed by atoms with Crippen molar-refractivity contribution in [3.8, 4) is 28.7 Å². The molecule has 0 radical (unpaired) electrons. The summed E-state index contributed by atoms with van der Waals surface area (Å²) in [7, 11) is 0. The summed E-state index contributed by atoms with van der Waals surface area (Å²) in [6.07, 6.45) is 12.8. The predicted octanol–water partition coefficient (Wildman–Crippen LogP) is 27.3. The van der Waals surface area contributed by atoms with Gasteiger partial charge in [-0.05, 0) is 334 Å². The van der Waals surface area contributed by atoms with Gasteiger partial charge in [0.05, 0.1) is 92.9 Å². The van der Waals surface area contributed by atoms with Gasteiger partial charge in [0, 0.05) is 84.5 Å². The number of hydrogen-bond donors (Lipinski definition) is 12. The lowest BCUT2D eigenvalue weighted by molar-refractivity contribution is -0.138. The number of hydrogen-bond acceptors (Lipinski definition) is 17. The number of rotatable bonds is 44. The molecule has 5 saturated carbocycles. The lowest BCUT2D eigenvalue weighted by Gasteiger charge is -2.15. The summed E-state index contributed by atoms with van der Waals surface area (Å²) in [5.74, 6) is -1.89. The molecule has 15 rings (SSSR count). The second-order valence-electron chi connectivity index (χ2n) is 34.7. The molecule has 39 heteroatoms. The molecule has 5 aliphatic carbocycles. The van der Waals surface area contributed by atoms with E-state index in [2.05, 4.69) is 101 Å². The Balaban J connectivity index is 0.000000169. The van der Waals surface area contributed by atoms with E-state index in [-0.39, 0.29) is 123 Å². The average Bonchev–Trinajstić information content (AvgIpc) is 1.78. The lowest BCUT2D eigenvalue weighted by atomic mass is 10.1. The number of carboxylic acid groups (broad SMARTS) is 5. The minimum absolute atomic E-state index is 0.00732. The molecular weight excluding hydrogens is 2260 g/mol. The van der Waals surface area contributed by atoms with E-state index in [4.69, 9.17) is 142 Å². The van der Waals surface area contributed by atoms with Gasteiger partial charge in [0.25, 0.3) is 11.8 Å². The fourth-order valence-corrected chi connectivity index (χ4v) is 19.3. The molecule has 5 fully saturated rings. The summed E-state index contributed by atoms with van der Waals surface area (Å²) in [5.41, 5.74) is 11.5. The van der Waals surface area contributed by atoms with Gasteiger partial charge < -0.3 is 86.4 Å². The Morgan fingerprint density at radius 3 is 0.894 bits per heavy atom. The van der Waals surface area contributed by atoms with E-state index >= 15 is 0 Å². The number of aliphatic carboxylic acids is 5. The van der Waals surface area contributed by atoms with Gasteiger partial charge in [-0.25, -0.2) is 13.2 Å². The van der Waals surface area contributed by atoms with Crippen molar-refractivity contribution in [3.05, 3.63) is 281 Å². The first-order valence-electron chi connectivity index (χ1n) is 45.0. The highest BCUT2D eigenvalue weighted by atomic mass is 79.9. The van der Waals surface area contributed by atoms with E-state index in [9.17, 15) is 46.7 Å². The monoisotopic (exact) mass is 2350 g/mol. The highest BCUT2D eigenvalue weighted by Gasteiger charge is 2.29. The van der Waals surface area contributed by atoms with Gasteiger partial charge >= 0.3 is 29.8 Å². The summed E-state index contributed by atoms with van der Waals surface area (Å²) in [6, 6.07) is 37.9. The molecule has 0 heterocycles. The number of carbonyl (C=O) groups excluding carboxylic acids is 2. The van der Waals surface area contributed by atoms with Crippen LogP contribution >= 0.6 is 157 Å². The molecule has 0 spiro atoms. The standard InChI is InChI=1S/C21H21Br2FN2O4.C21H22Br2FNO3.C21H22Cl2FNO3.C20H19Cl3N2O4.C19H18Cl3NO3/c1-11-4-14(19(24)17(5-11)25-8-12-2-3-12)10-30-20-15(22)6-13(7-16(20)23)21(29)26-9-18(27)28;2*1-12-6-15(20(24)18(7-12)25-10-13-2-3-13)11-28-21-16(22)8-14(9-17(21)23)4-5-19(26)27;21-14-6-13(20(28)25-9-17(26)27)7-15(22)19(14)29-10-12-2-1-3-16(18(12)23)24-8-11-4-5-11;20-14-6-12(8-17(24)25)7-15(21)19(14)26-10-13-2-1-3-16(18(13)22)23-9-11-4-5-11/h4-7,12,25H,2-3,8-10H2,1H3,(H,26,29)(H,27,28);2*6-9,13,25H,2-5,10-11H2,1H3,(H,26,27);1-3,6-7,11,24H,4-5,8-10H2,(H,25,28)(H,26,27);1-3,6-7,11,23H,4-5,8-10H2,(H,24,25). The van der Waals surface area contributed by atoms with Gasteiger partial charge in [-0.1, -0.05) is 117 Å². The van der Waals surface area contributed by atoms with Crippen molar-refractivity contribution >= 4 is 227 Å². The van der Waals surface area contributed by atoms with Crippen molar-refractivity contribution in [1.82, 2.24) is 10.6 Å². The minimum Gasteiger partial charge on any atom is -0.486 e. The van der Waals surface area contributed by atoms with Crippen molar-refractivity contribution in [2.45, 2.75) is 150 Å². The van der Waals surface area contributed by atoms with Crippen LogP contribution in [0.2, 0.25) is 40.2 Å². The first kappa shape index (κ1) is 112. The number of aryl methyl sites for hydroxylation is 5. The number of carboxylic acids is 5. The maximum atomic E-state index is 14.9. The Hall–Kier alpha value is -9.48. The first-order valence-corrected chi connectivity index (χ1v) is 51.2. The van der Waals surface area contributed by atoms with Crippen molar-refractivity contribution in [3.63, 3.8) is 0 Å². The van der Waals surface area contributed by atoms with Gasteiger partial charge in [-0.2, -0.15) is 0 Å². The van der Waals surface area contributed by atoms with Crippen LogP contribution in [0.5, 0.6) is 28.7 Å². The summed E-state index contributed by atoms with van der Waals surface area (Å²) in [4.78, 5) is 77.5. The summed E-state index contributed by atoms with van der Waals surface area (Å²) >= 11 is 63.9. The fraction of sp³-hybridized carbons (Fsp3) is 0.343. The van der Waals surface area contributed by atoms with Gasteiger partial charge in [0.2, 0.25) is 0 Å². The number of amides is 2. The van der Waals surface area contributed by atoms with Crippen LogP contribution in [-0.4, -0.2) is 113 Å². The fourth-order valence-electron chi connectivity index (χ4n) is 14.0. The number of carbonyl (C=O) groups is 7. The number of ether oxygens (including phenoxy) is 5. The van der Waals surface area contributed by atoms with Crippen LogP contribution in [0, 0.1) is 67.8 Å². The van der Waals surface area contributed by atoms with Crippen molar-refractivity contribution < 1.29 is 95.9 Å². The SMILES string of the molecule is Cc1cc(COc2c(Br)cc(C(=O)NCC(=O)O)cc2Br)c(F)c(NCC2CC2)c1.Cc1cc(COc2c(Br)cc(CCC(=O)O)cc2Br)c(F)c(NCC2CC2)c1.Cc1cc(COc2c(Cl)cc(CCC(=O)O)cc2Cl)c(F)c(NCC2CC2)c1.O=C(O)CNC(=O)c1cc(Cl)c(OCc2cccc(NCC3CC3)c2Cl)c(Cl)c1.O=C(O)Cc1cc(Cl)c(OCc2cccc(NCC3CC3)c2Cl)c(Cl)c1. The number of halogens is 15. The first-order chi connectivity index (χ1) is 67.2. The van der Waals surface area contributed by atoms with Crippen LogP contribution in [0.4, 0.5) is 41.6 Å². The zero-order chi connectivity index (χ0) is 102. The molecule has 752 valence electrons. The van der Waals surface area contributed by atoms with Crippen LogP contribution in [-0.2, 0) is 76.3 Å². The van der Waals surface area contributed by atoms with Gasteiger partial charge in [-0.15, -0.1) is 0 Å². The van der Waals surface area contributed by atoms with Crippen molar-refractivity contribution in [2.24, 2.45) is 29.6 Å². The third kappa shape index (κ3) is 36.4. The normalized spacial score (nSPS) is 13.3. The minimum atomic E-state index is -1.15. The molecule has 24 nitrogen and oxygen atoms in total. The molecule has 0 saturated heterocycles. The number of benzene rings is 10. The predicted molar refractivity (Wildman–Crippen MR) is 560 cm³/mol. The van der Waals surface area contributed by atoms with Crippen LogP contribution in [0.25, 0.3) is 0 Å². The molecule has 10 aromatic carbocycles. The lowest BCUT2D eigenvalue weighted by Crippen LogP contribution is -2.29. The van der Waals surface area contributed by atoms with Gasteiger partial charge in [0.1, 0.15) is 57.6 Å². The third-order valence-corrected chi connectivity index (χ3v) is 27.3. The maximum absolute atomic E-state index is 14.9. The van der Waals surface area contributed by atoms with Gasteiger partial charge in [0.15, 0.2) is 34.7 Å². The Kier molecular flexibility index (Phi) is 42.8. The van der Waals surface area contributed by atoms with E-state index < -0.39 is 54.8 Å². The van der Waals surface area contributed by atoms with Crippen LogP contribution in [0.3, 0.4) is 0 Å². The summed E-state index contributed by atoms with van der Waals surface area (Å²) in [5, 5.41) is 67.2. The smallest absolute Gasteiger partial charge is 0.322 e. The zero-order valence-corrected chi connectivity index (χ0v) is 88.9. The molecule has 5 aliphatic rings. The Morgan fingerprint density at radius 2 is 0.596 bits per heavy atom. The molecular formula is C102H102Br4Cl8F3N7O17. The molecule has 12 N–H and O–H groups in total.